The largest absolute Gasteiger partial charge is 0.481 e. The summed E-state index contributed by atoms with van der Waals surface area (Å²) in [5, 5.41) is 17.8. The Hall–Kier alpha value is -4.83. The first-order valence-corrected chi connectivity index (χ1v) is 12.7. The summed E-state index contributed by atoms with van der Waals surface area (Å²) < 4.78 is 16.1. The molecule has 40 heavy (non-hydrogen) atoms. The van der Waals surface area contributed by atoms with Gasteiger partial charge in [0, 0.05) is 16.0 Å². The highest BCUT2D eigenvalue weighted by Gasteiger charge is 2.47. The van der Waals surface area contributed by atoms with Crippen molar-refractivity contribution in [2.45, 2.75) is 25.3 Å². The fourth-order valence-electron chi connectivity index (χ4n) is 5.14. The summed E-state index contributed by atoms with van der Waals surface area (Å²) >= 11 is 6.28. The van der Waals surface area contributed by atoms with Crippen molar-refractivity contribution in [3.63, 3.8) is 0 Å². The van der Waals surface area contributed by atoms with E-state index in [1.165, 1.54) is 6.07 Å². The summed E-state index contributed by atoms with van der Waals surface area (Å²) in [6.07, 6.45) is -0.128. The van der Waals surface area contributed by atoms with Gasteiger partial charge in [-0.1, -0.05) is 54.1 Å². The molecule has 0 aliphatic carbocycles. The zero-order valence-corrected chi connectivity index (χ0v) is 21.9. The maximum atomic E-state index is 14.4. The molecule has 2 aromatic heterocycles. The highest BCUT2D eigenvalue weighted by molar-refractivity contribution is 6.31. The molecule has 11 heteroatoms. The van der Waals surface area contributed by atoms with Crippen molar-refractivity contribution in [3.8, 4) is 11.5 Å². The average Bonchev–Trinajstić information content (AvgIpc) is 3.39. The van der Waals surface area contributed by atoms with Crippen LogP contribution in [0.25, 0.3) is 22.4 Å². The fourth-order valence-corrected chi connectivity index (χ4v) is 5.31. The lowest BCUT2D eigenvalue weighted by atomic mass is 9.77. The molecule has 0 bridgehead atoms. The second-order valence-corrected chi connectivity index (χ2v) is 10.2. The summed E-state index contributed by atoms with van der Waals surface area (Å²) in [4.78, 5) is 33.6. The van der Waals surface area contributed by atoms with Crippen LogP contribution in [0.5, 0.6) is 0 Å². The second kappa shape index (κ2) is 9.42. The minimum atomic E-state index is -1.19. The Morgan fingerprint density at radius 1 is 1.12 bits per heavy atom. The topological polar surface area (TPSA) is 136 Å². The Morgan fingerprint density at radius 3 is 2.60 bits per heavy atom. The first kappa shape index (κ1) is 25.4. The average molecular weight is 557 g/mol. The lowest BCUT2D eigenvalue weighted by Gasteiger charge is -2.23. The van der Waals surface area contributed by atoms with E-state index in [0.717, 1.165) is 0 Å². The zero-order valence-electron chi connectivity index (χ0n) is 21.2. The van der Waals surface area contributed by atoms with Gasteiger partial charge in [-0.05, 0) is 42.3 Å². The van der Waals surface area contributed by atoms with E-state index in [2.05, 4.69) is 15.3 Å². The molecule has 0 saturated carbocycles. The van der Waals surface area contributed by atoms with Gasteiger partial charge in [-0.3, -0.25) is 14.3 Å². The van der Waals surface area contributed by atoms with Crippen LogP contribution < -0.4 is 11.1 Å². The number of rotatable bonds is 6. The Kier molecular flexibility index (Phi) is 5.99. The van der Waals surface area contributed by atoms with E-state index in [1.54, 1.807) is 72.3 Å². The molecule has 0 fully saturated rings. The molecular weight excluding hydrogens is 535 g/mol. The van der Waals surface area contributed by atoms with E-state index in [-0.39, 0.29) is 42.2 Å². The van der Waals surface area contributed by atoms with Crippen LogP contribution in [0.1, 0.15) is 29.2 Å². The van der Waals surface area contributed by atoms with Crippen molar-refractivity contribution in [1.29, 1.82) is 0 Å². The number of carboxylic acids is 1. The maximum Gasteiger partial charge on any atom is 0.307 e. The van der Waals surface area contributed by atoms with E-state index in [1.807, 2.05) is 0 Å². The van der Waals surface area contributed by atoms with Crippen molar-refractivity contribution >= 4 is 46.0 Å². The number of nitrogens with two attached hydrogens (primary N) is 1. The van der Waals surface area contributed by atoms with Crippen molar-refractivity contribution in [2.24, 2.45) is 0 Å². The first-order valence-electron chi connectivity index (χ1n) is 12.4. The Morgan fingerprint density at radius 2 is 1.88 bits per heavy atom. The smallest absolute Gasteiger partial charge is 0.307 e. The van der Waals surface area contributed by atoms with Crippen LogP contribution in [-0.4, -0.2) is 36.7 Å². The maximum absolute atomic E-state index is 14.4. The number of nitrogens with zero attached hydrogens (tertiary/aromatic N) is 4. The van der Waals surface area contributed by atoms with Crippen molar-refractivity contribution in [2.75, 3.05) is 11.1 Å². The molecule has 1 atom stereocenters. The van der Waals surface area contributed by atoms with E-state index < -0.39 is 11.4 Å². The van der Waals surface area contributed by atoms with Crippen molar-refractivity contribution in [3.05, 3.63) is 99.8 Å². The number of amides is 1. The minimum absolute atomic E-state index is 0.0984. The predicted octanol–water partition coefficient (Wildman–Crippen LogP) is 4.80. The van der Waals surface area contributed by atoms with Crippen LogP contribution in [-0.2, 0) is 28.0 Å². The molecule has 0 spiro atoms. The highest BCUT2D eigenvalue weighted by Crippen LogP contribution is 2.45. The van der Waals surface area contributed by atoms with Gasteiger partial charge in [-0.15, -0.1) is 0 Å². The molecule has 0 radical (unpaired) electrons. The number of aliphatic carboxylic acids is 1. The lowest BCUT2D eigenvalue weighted by molar-refractivity contribution is -0.136. The Balaban J connectivity index is 1.44. The van der Waals surface area contributed by atoms with Gasteiger partial charge >= 0.3 is 5.97 Å². The summed E-state index contributed by atoms with van der Waals surface area (Å²) in [5.41, 5.74) is 8.43. The van der Waals surface area contributed by atoms with E-state index in [4.69, 9.17) is 27.5 Å². The number of hydrogen-bond donors (Lipinski definition) is 3. The number of nitrogen functional groups attached to an aromatic ring is 1. The number of aromatic nitrogens is 4. The lowest BCUT2D eigenvalue weighted by Crippen LogP contribution is -2.33. The fraction of sp³-hybridized carbons (Fsp3) is 0.138. The van der Waals surface area contributed by atoms with Crippen LogP contribution in [0, 0.1) is 5.82 Å². The van der Waals surface area contributed by atoms with E-state index in [9.17, 15) is 14.0 Å². The van der Waals surface area contributed by atoms with Gasteiger partial charge in [-0.25, -0.2) is 14.4 Å². The summed E-state index contributed by atoms with van der Waals surface area (Å²) in [6.45, 7) is 1.87. The van der Waals surface area contributed by atoms with Gasteiger partial charge in [0.2, 0.25) is 5.91 Å². The molecule has 1 amide bonds. The number of halogens is 2. The number of carboxylic acid groups (broad SMARTS) is 1. The minimum Gasteiger partial charge on any atom is -0.481 e. The molecule has 3 aromatic carbocycles. The third-order valence-electron chi connectivity index (χ3n) is 7.21. The Labute approximate surface area is 232 Å². The Bertz CT molecular complexity index is 1840. The number of carbonyl (C=O) groups is 2. The van der Waals surface area contributed by atoms with Gasteiger partial charge in [0.1, 0.15) is 28.6 Å². The SMILES string of the molecule is C[C@@]1(c2ccc(CC(=O)O)cc2)C(=O)Nc2nc(-c3nn(Cc4ccccc4F)c4cc(Cl)ccc34)nc(N)c21. The van der Waals surface area contributed by atoms with E-state index >= 15 is 0 Å². The van der Waals surface area contributed by atoms with Crippen molar-refractivity contribution in [1.82, 2.24) is 19.7 Å². The van der Waals surface area contributed by atoms with Gasteiger partial charge < -0.3 is 16.2 Å². The number of hydrogen-bond acceptors (Lipinski definition) is 6. The van der Waals surface area contributed by atoms with Crippen LogP contribution >= 0.6 is 11.6 Å². The zero-order chi connectivity index (χ0) is 28.2. The summed E-state index contributed by atoms with van der Waals surface area (Å²) in [6, 6.07) is 18.4. The van der Waals surface area contributed by atoms with Gasteiger partial charge in [0.25, 0.3) is 0 Å². The third kappa shape index (κ3) is 4.13. The first-order chi connectivity index (χ1) is 19.1. The standard InChI is InChI=1S/C29H22ClFN6O3/c1-29(17-8-6-15(7-9-17)12-22(38)39)23-25(32)33-27(34-26(23)35-28(29)40)24-19-11-10-18(30)13-21(19)37(36-24)14-16-4-2-3-5-20(16)31/h2-11,13H,12,14H2,1H3,(H,38,39)(H3,32,33,34,35,40)/t29-/m0/s1. The van der Waals surface area contributed by atoms with E-state index in [0.29, 0.717) is 43.9 Å². The van der Waals surface area contributed by atoms with Crippen LogP contribution in [0.4, 0.5) is 16.0 Å². The molecular formula is C29H22ClFN6O3. The van der Waals surface area contributed by atoms with Gasteiger partial charge in [0.15, 0.2) is 5.82 Å². The number of nitrogens with one attached hydrogen (secondary N) is 1. The van der Waals surface area contributed by atoms with Crippen LogP contribution in [0.15, 0.2) is 66.7 Å². The third-order valence-corrected chi connectivity index (χ3v) is 7.45. The van der Waals surface area contributed by atoms with Crippen molar-refractivity contribution < 1.29 is 19.1 Å². The number of anilines is 2. The molecule has 6 rings (SSSR count). The molecule has 200 valence electrons. The van der Waals surface area contributed by atoms with Gasteiger partial charge in [-0.2, -0.15) is 5.10 Å². The van der Waals surface area contributed by atoms with Crippen LogP contribution in [0.3, 0.4) is 0 Å². The number of carbonyl (C=O) groups excluding carboxylic acids is 1. The van der Waals surface area contributed by atoms with Crippen LogP contribution in [0.2, 0.25) is 5.02 Å². The van der Waals surface area contributed by atoms with Gasteiger partial charge in [0.05, 0.1) is 24.0 Å². The molecule has 3 heterocycles. The summed E-state index contributed by atoms with van der Waals surface area (Å²) in [5.74, 6) is -1.09. The quantitative estimate of drug-likeness (QED) is 0.273. The molecule has 0 saturated heterocycles. The highest BCUT2D eigenvalue weighted by atomic mass is 35.5. The molecule has 1 aliphatic heterocycles. The molecule has 5 aromatic rings. The number of fused-ring (bicyclic) bond motifs is 2. The second-order valence-electron chi connectivity index (χ2n) is 9.76. The molecule has 4 N–H and O–H groups in total. The summed E-state index contributed by atoms with van der Waals surface area (Å²) in [7, 11) is 0. The molecule has 9 nitrogen and oxygen atoms in total. The normalized spacial score (nSPS) is 16.2. The number of benzene rings is 3. The molecule has 0 unspecified atom stereocenters. The monoisotopic (exact) mass is 556 g/mol. The predicted molar refractivity (Wildman–Crippen MR) is 149 cm³/mol. The molecule has 1 aliphatic rings.